The van der Waals surface area contributed by atoms with Crippen molar-refractivity contribution >= 4 is 47.2 Å². The van der Waals surface area contributed by atoms with Crippen LogP contribution < -0.4 is 20.9 Å². The Morgan fingerprint density at radius 1 is 1.18 bits per heavy atom. The number of nitrogens with zero attached hydrogens (tertiary/aromatic N) is 2. The van der Waals surface area contributed by atoms with Gasteiger partial charge >= 0.3 is 0 Å². The van der Waals surface area contributed by atoms with Crippen LogP contribution in [0.5, 0.6) is 0 Å². The van der Waals surface area contributed by atoms with E-state index in [1.807, 2.05) is 30.3 Å². The number of hydrogen-bond donors (Lipinski definition) is 3. The number of rotatable bonds is 5. The molecule has 0 spiro atoms. The fraction of sp³-hybridized carbons (Fsp3) is 0.333. The minimum absolute atomic E-state index is 0. The molecule has 1 unspecified atom stereocenters. The van der Waals surface area contributed by atoms with Crippen molar-refractivity contribution in [1.29, 1.82) is 0 Å². The van der Waals surface area contributed by atoms with E-state index in [2.05, 4.69) is 50.1 Å². The smallest absolute Gasteiger partial charge is 0.221 e. The van der Waals surface area contributed by atoms with Gasteiger partial charge in [-0.25, -0.2) is 0 Å². The van der Waals surface area contributed by atoms with Gasteiger partial charge in [0.15, 0.2) is 5.96 Å². The quantitative estimate of drug-likeness (QED) is 0.340. The number of halogens is 1. The summed E-state index contributed by atoms with van der Waals surface area (Å²) in [6, 6.07) is 18.7. The predicted molar refractivity (Wildman–Crippen MR) is 127 cm³/mol. The zero-order chi connectivity index (χ0) is 19.1. The number of aliphatic imine (C=N–C) groups is 1. The standard InChI is InChI=1S/C21H27N5O.HI/c1-16(27)24-18-8-6-7-17(13-18)14-23-21(22-2)25-19-11-12-26(15-19)20-9-4-3-5-10-20;/h3-10,13,19H,11-12,14-15H2,1-2H3,(H,24,27)(H2,22,23,25);1H. The van der Waals surface area contributed by atoms with Crippen LogP contribution in [0.1, 0.15) is 18.9 Å². The van der Waals surface area contributed by atoms with Gasteiger partial charge in [-0.3, -0.25) is 9.79 Å². The molecule has 1 atom stereocenters. The van der Waals surface area contributed by atoms with Crippen LogP contribution >= 0.6 is 24.0 Å². The van der Waals surface area contributed by atoms with Crippen LogP contribution in [0.3, 0.4) is 0 Å². The zero-order valence-corrected chi connectivity index (χ0v) is 18.6. The molecule has 1 aliphatic heterocycles. The van der Waals surface area contributed by atoms with Crippen LogP contribution in [0.15, 0.2) is 59.6 Å². The largest absolute Gasteiger partial charge is 0.369 e. The second kappa shape index (κ2) is 10.9. The van der Waals surface area contributed by atoms with Gasteiger partial charge in [0.25, 0.3) is 0 Å². The van der Waals surface area contributed by atoms with Gasteiger partial charge in [0.05, 0.1) is 0 Å². The van der Waals surface area contributed by atoms with Crippen molar-refractivity contribution in [2.45, 2.75) is 25.9 Å². The molecular weight excluding hydrogens is 465 g/mol. The van der Waals surface area contributed by atoms with Crippen molar-refractivity contribution in [1.82, 2.24) is 10.6 Å². The molecule has 6 nitrogen and oxygen atoms in total. The summed E-state index contributed by atoms with van der Waals surface area (Å²) in [6.07, 6.45) is 1.08. The first-order chi connectivity index (χ1) is 13.1. The Morgan fingerprint density at radius 2 is 1.96 bits per heavy atom. The van der Waals surface area contributed by atoms with Crippen molar-refractivity contribution in [2.75, 3.05) is 30.4 Å². The van der Waals surface area contributed by atoms with E-state index in [1.54, 1.807) is 7.05 Å². The van der Waals surface area contributed by atoms with Crippen LogP contribution in [0.2, 0.25) is 0 Å². The fourth-order valence-corrected chi connectivity index (χ4v) is 3.29. The Balaban J connectivity index is 0.00000280. The van der Waals surface area contributed by atoms with E-state index < -0.39 is 0 Å². The molecule has 2 aromatic carbocycles. The first-order valence-electron chi connectivity index (χ1n) is 9.28. The zero-order valence-electron chi connectivity index (χ0n) is 16.3. The number of benzene rings is 2. The molecule has 0 bridgehead atoms. The summed E-state index contributed by atoms with van der Waals surface area (Å²) >= 11 is 0. The van der Waals surface area contributed by atoms with Crippen molar-refractivity contribution in [3.8, 4) is 0 Å². The number of anilines is 2. The topological polar surface area (TPSA) is 68.8 Å². The Labute approximate surface area is 183 Å². The molecule has 0 aliphatic carbocycles. The molecule has 0 saturated carbocycles. The Morgan fingerprint density at radius 3 is 2.68 bits per heavy atom. The van der Waals surface area contributed by atoms with Gasteiger partial charge in [-0.15, -0.1) is 24.0 Å². The van der Waals surface area contributed by atoms with Crippen LogP contribution in [0.4, 0.5) is 11.4 Å². The maximum Gasteiger partial charge on any atom is 0.221 e. The number of hydrogen-bond acceptors (Lipinski definition) is 3. The van der Waals surface area contributed by atoms with Gasteiger partial charge in [-0.05, 0) is 36.2 Å². The second-order valence-corrected chi connectivity index (χ2v) is 6.72. The van der Waals surface area contributed by atoms with E-state index in [1.165, 1.54) is 12.6 Å². The summed E-state index contributed by atoms with van der Waals surface area (Å²) in [7, 11) is 1.78. The summed E-state index contributed by atoms with van der Waals surface area (Å²) in [4.78, 5) is 17.9. The van der Waals surface area contributed by atoms with Gasteiger partial charge < -0.3 is 20.9 Å². The number of carbonyl (C=O) groups is 1. The monoisotopic (exact) mass is 493 g/mol. The van der Waals surface area contributed by atoms with Crippen molar-refractivity contribution in [2.24, 2.45) is 4.99 Å². The molecule has 3 N–H and O–H groups in total. The summed E-state index contributed by atoms with van der Waals surface area (Å²) in [6.45, 7) is 4.15. The average molecular weight is 493 g/mol. The van der Waals surface area contributed by atoms with E-state index in [9.17, 15) is 4.79 Å². The molecule has 7 heteroatoms. The first-order valence-corrected chi connectivity index (χ1v) is 9.28. The van der Waals surface area contributed by atoms with E-state index in [0.717, 1.165) is 36.7 Å². The minimum atomic E-state index is -0.0678. The van der Waals surface area contributed by atoms with Gasteiger partial charge in [0.1, 0.15) is 0 Å². The number of guanidine groups is 1. The highest BCUT2D eigenvalue weighted by Crippen LogP contribution is 2.19. The minimum Gasteiger partial charge on any atom is -0.369 e. The van der Waals surface area contributed by atoms with Gasteiger partial charge in [-0.1, -0.05) is 30.3 Å². The lowest BCUT2D eigenvalue weighted by Gasteiger charge is -2.20. The third-order valence-electron chi connectivity index (χ3n) is 4.58. The summed E-state index contributed by atoms with van der Waals surface area (Å²) in [5, 5.41) is 9.67. The number of nitrogens with one attached hydrogen (secondary N) is 3. The molecule has 0 radical (unpaired) electrons. The third kappa shape index (κ3) is 6.40. The Kier molecular flexibility index (Phi) is 8.56. The molecule has 1 amide bonds. The van der Waals surface area contributed by atoms with Gasteiger partial charge in [0.2, 0.25) is 5.91 Å². The maximum atomic E-state index is 11.2. The van der Waals surface area contributed by atoms with E-state index in [4.69, 9.17) is 0 Å². The van der Waals surface area contributed by atoms with E-state index in [0.29, 0.717) is 12.6 Å². The van der Waals surface area contributed by atoms with Crippen LogP contribution in [-0.2, 0) is 11.3 Å². The van der Waals surface area contributed by atoms with Gasteiger partial charge in [0, 0.05) is 51.0 Å². The van der Waals surface area contributed by atoms with Crippen molar-refractivity contribution < 1.29 is 4.79 Å². The molecule has 28 heavy (non-hydrogen) atoms. The molecule has 1 fully saturated rings. The highest BCUT2D eigenvalue weighted by molar-refractivity contribution is 14.0. The van der Waals surface area contributed by atoms with E-state index >= 15 is 0 Å². The predicted octanol–water partition coefficient (Wildman–Crippen LogP) is 3.21. The number of para-hydroxylation sites is 1. The average Bonchev–Trinajstić information content (AvgIpc) is 3.14. The van der Waals surface area contributed by atoms with Crippen molar-refractivity contribution in [3.05, 3.63) is 60.2 Å². The maximum absolute atomic E-state index is 11.2. The fourth-order valence-electron chi connectivity index (χ4n) is 3.29. The Hall–Kier alpha value is -2.29. The molecule has 3 rings (SSSR count). The van der Waals surface area contributed by atoms with Crippen LogP contribution in [0.25, 0.3) is 0 Å². The number of amides is 1. The molecule has 0 aromatic heterocycles. The van der Waals surface area contributed by atoms with Crippen molar-refractivity contribution in [3.63, 3.8) is 0 Å². The normalized spacial score (nSPS) is 16.3. The lowest BCUT2D eigenvalue weighted by atomic mass is 10.2. The molecule has 1 saturated heterocycles. The Bertz CT molecular complexity index is 796. The molecular formula is C21H28IN5O. The second-order valence-electron chi connectivity index (χ2n) is 6.72. The first kappa shape index (κ1) is 22.0. The molecule has 1 aliphatic rings. The summed E-state index contributed by atoms with van der Waals surface area (Å²) < 4.78 is 0. The lowest BCUT2D eigenvalue weighted by Crippen LogP contribution is -2.44. The third-order valence-corrected chi connectivity index (χ3v) is 4.58. The SMILES string of the molecule is CN=C(NCc1cccc(NC(C)=O)c1)NC1CCN(c2ccccc2)C1.I. The van der Waals surface area contributed by atoms with E-state index in [-0.39, 0.29) is 29.9 Å². The van der Waals surface area contributed by atoms with Gasteiger partial charge in [-0.2, -0.15) is 0 Å². The highest BCUT2D eigenvalue weighted by atomic mass is 127. The summed E-state index contributed by atoms with van der Waals surface area (Å²) in [5.41, 5.74) is 3.15. The highest BCUT2D eigenvalue weighted by Gasteiger charge is 2.23. The molecule has 2 aromatic rings. The number of carbonyl (C=O) groups excluding carboxylic acids is 1. The lowest BCUT2D eigenvalue weighted by molar-refractivity contribution is -0.114. The summed E-state index contributed by atoms with van der Waals surface area (Å²) in [5.74, 6) is 0.724. The molecule has 1 heterocycles. The molecule has 150 valence electrons. The van der Waals surface area contributed by atoms with Crippen LogP contribution in [-0.4, -0.2) is 38.0 Å². The van der Waals surface area contributed by atoms with Crippen LogP contribution in [0, 0.1) is 0 Å².